The Morgan fingerprint density at radius 1 is 1.14 bits per heavy atom. The van der Waals surface area contributed by atoms with Crippen LogP contribution in [-0.2, 0) is 24.1 Å². The summed E-state index contributed by atoms with van der Waals surface area (Å²) in [5.41, 5.74) is 0.412. The van der Waals surface area contributed by atoms with Crippen molar-refractivity contribution in [2.75, 3.05) is 7.05 Å². The number of hydrogen-bond acceptors (Lipinski definition) is 5. The third-order valence-electron chi connectivity index (χ3n) is 3.73. The van der Waals surface area contributed by atoms with E-state index in [1.165, 1.54) is 0 Å². The van der Waals surface area contributed by atoms with Gasteiger partial charge in [0.1, 0.15) is 11.5 Å². The van der Waals surface area contributed by atoms with E-state index in [1.807, 2.05) is 6.07 Å². The highest BCUT2D eigenvalue weighted by molar-refractivity contribution is 5.52. The van der Waals surface area contributed by atoms with Crippen molar-refractivity contribution < 1.29 is 32.0 Å². The van der Waals surface area contributed by atoms with Crippen LogP contribution in [0.5, 0.6) is 0 Å². The van der Waals surface area contributed by atoms with Crippen molar-refractivity contribution in [3.05, 3.63) is 71.4 Å². The summed E-state index contributed by atoms with van der Waals surface area (Å²) in [5.74, 6) is -0.348. The SMILES string of the molecule is CN(Cc1cc(-c2ccccn2)no1)Cc1ccc(C(F)(F)F)cc1F.O=CO. The number of halogens is 4. The van der Waals surface area contributed by atoms with Crippen molar-refractivity contribution in [2.24, 2.45) is 0 Å². The number of nitrogens with zero attached hydrogens (tertiary/aromatic N) is 3. The summed E-state index contributed by atoms with van der Waals surface area (Å²) in [5, 5.41) is 10.8. The molecule has 0 saturated carbocycles. The lowest BCUT2D eigenvalue weighted by molar-refractivity contribution is -0.137. The molecule has 0 saturated heterocycles. The molecular formula is C19H17F4N3O3. The molecule has 2 aromatic heterocycles. The molecule has 0 bridgehead atoms. The fraction of sp³-hybridized carbons (Fsp3) is 0.211. The minimum absolute atomic E-state index is 0.129. The first-order valence-electron chi connectivity index (χ1n) is 8.23. The molecule has 6 nitrogen and oxygen atoms in total. The summed E-state index contributed by atoms with van der Waals surface area (Å²) in [6.45, 7) is 0.198. The fourth-order valence-corrected chi connectivity index (χ4v) is 2.49. The lowest BCUT2D eigenvalue weighted by Crippen LogP contribution is -2.18. The van der Waals surface area contributed by atoms with E-state index >= 15 is 0 Å². The molecule has 0 amide bonds. The largest absolute Gasteiger partial charge is 0.483 e. The lowest BCUT2D eigenvalue weighted by atomic mass is 10.1. The zero-order valence-corrected chi connectivity index (χ0v) is 15.2. The van der Waals surface area contributed by atoms with E-state index in [2.05, 4.69) is 10.1 Å². The number of hydrogen-bond donors (Lipinski definition) is 1. The number of carboxylic acid groups (broad SMARTS) is 1. The Morgan fingerprint density at radius 3 is 2.45 bits per heavy atom. The topological polar surface area (TPSA) is 79.5 Å². The van der Waals surface area contributed by atoms with E-state index in [0.717, 1.165) is 12.1 Å². The van der Waals surface area contributed by atoms with Crippen LogP contribution in [0.3, 0.4) is 0 Å². The number of rotatable bonds is 5. The summed E-state index contributed by atoms with van der Waals surface area (Å²) in [6.07, 6.45) is -2.92. The Labute approximate surface area is 163 Å². The highest BCUT2D eigenvalue weighted by Gasteiger charge is 2.31. The van der Waals surface area contributed by atoms with Crippen LogP contribution >= 0.6 is 0 Å². The lowest BCUT2D eigenvalue weighted by Gasteiger charge is -2.16. The maximum absolute atomic E-state index is 13.9. The summed E-state index contributed by atoms with van der Waals surface area (Å²) in [7, 11) is 1.71. The highest BCUT2D eigenvalue weighted by atomic mass is 19.4. The minimum atomic E-state index is -4.56. The molecule has 10 heteroatoms. The summed E-state index contributed by atoms with van der Waals surface area (Å²) in [6, 6.07) is 9.67. The van der Waals surface area contributed by atoms with Gasteiger partial charge in [0.15, 0.2) is 5.76 Å². The van der Waals surface area contributed by atoms with Crippen LogP contribution in [0.4, 0.5) is 17.6 Å². The molecule has 0 aliphatic carbocycles. The van der Waals surface area contributed by atoms with Gasteiger partial charge in [0.05, 0.1) is 17.8 Å². The smallest absolute Gasteiger partial charge is 0.416 e. The van der Waals surface area contributed by atoms with E-state index in [-0.39, 0.29) is 18.6 Å². The van der Waals surface area contributed by atoms with E-state index in [9.17, 15) is 17.6 Å². The zero-order chi connectivity index (χ0) is 21.4. The standard InChI is InChI=1S/C18H15F4N3O.CH2O2/c1-25(10-12-5-6-13(8-15(12)19)18(20,21)22)11-14-9-17(24-26-14)16-4-2-3-7-23-16;2-1-3/h2-9H,10-11H2,1H3;1H,(H,2,3). The monoisotopic (exact) mass is 411 g/mol. The predicted molar refractivity (Wildman–Crippen MR) is 95.0 cm³/mol. The van der Waals surface area contributed by atoms with Gasteiger partial charge in [-0.3, -0.25) is 14.7 Å². The molecule has 154 valence electrons. The van der Waals surface area contributed by atoms with Gasteiger partial charge in [-0.2, -0.15) is 13.2 Å². The molecule has 3 rings (SSSR count). The van der Waals surface area contributed by atoms with Crippen LogP contribution in [0.1, 0.15) is 16.9 Å². The van der Waals surface area contributed by atoms with Crippen molar-refractivity contribution >= 4 is 6.47 Å². The van der Waals surface area contributed by atoms with Gasteiger partial charge in [-0.1, -0.05) is 17.3 Å². The van der Waals surface area contributed by atoms with Crippen LogP contribution < -0.4 is 0 Å². The van der Waals surface area contributed by atoms with Crippen molar-refractivity contribution in [1.82, 2.24) is 15.0 Å². The van der Waals surface area contributed by atoms with Gasteiger partial charge >= 0.3 is 6.18 Å². The van der Waals surface area contributed by atoms with Gasteiger partial charge in [-0.05, 0) is 31.3 Å². The summed E-state index contributed by atoms with van der Waals surface area (Å²) in [4.78, 5) is 14.2. The van der Waals surface area contributed by atoms with Gasteiger partial charge < -0.3 is 9.63 Å². The molecular weight excluding hydrogens is 394 g/mol. The molecule has 1 N–H and O–H groups in total. The van der Waals surface area contributed by atoms with Gasteiger partial charge in [0, 0.05) is 24.4 Å². The first-order valence-corrected chi connectivity index (χ1v) is 8.23. The van der Waals surface area contributed by atoms with Gasteiger partial charge in [-0.25, -0.2) is 4.39 Å². The third-order valence-corrected chi connectivity index (χ3v) is 3.73. The van der Waals surface area contributed by atoms with E-state index in [0.29, 0.717) is 29.8 Å². The predicted octanol–water partition coefficient (Wildman–Crippen LogP) is 4.23. The molecule has 3 aromatic rings. The molecule has 29 heavy (non-hydrogen) atoms. The fourth-order valence-electron chi connectivity index (χ4n) is 2.49. The average molecular weight is 411 g/mol. The Morgan fingerprint density at radius 2 is 1.86 bits per heavy atom. The van der Waals surface area contributed by atoms with Crippen LogP contribution in [0, 0.1) is 5.82 Å². The Hall–Kier alpha value is -3.27. The van der Waals surface area contributed by atoms with Crippen molar-refractivity contribution in [3.8, 4) is 11.4 Å². The molecule has 0 radical (unpaired) electrons. The molecule has 0 aliphatic rings. The van der Waals surface area contributed by atoms with E-state index < -0.39 is 17.6 Å². The first-order chi connectivity index (χ1) is 13.7. The van der Waals surface area contributed by atoms with Gasteiger partial charge in [-0.15, -0.1) is 0 Å². The molecule has 0 fully saturated rings. The minimum Gasteiger partial charge on any atom is -0.483 e. The van der Waals surface area contributed by atoms with Gasteiger partial charge in [0.25, 0.3) is 6.47 Å². The number of benzene rings is 1. The molecule has 2 heterocycles. The second-order valence-electron chi connectivity index (χ2n) is 5.98. The second-order valence-corrected chi connectivity index (χ2v) is 5.98. The van der Waals surface area contributed by atoms with Crippen molar-refractivity contribution in [2.45, 2.75) is 19.3 Å². The summed E-state index contributed by atoms with van der Waals surface area (Å²) < 4.78 is 57.0. The Balaban J connectivity index is 0.000000941. The van der Waals surface area contributed by atoms with Crippen LogP contribution in [0.2, 0.25) is 0 Å². The Kier molecular flexibility index (Phi) is 7.43. The van der Waals surface area contributed by atoms with Crippen LogP contribution in [0.25, 0.3) is 11.4 Å². The number of pyridine rings is 1. The van der Waals surface area contributed by atoms with E-state index in [1.54, 1.807) is 36.3 Å². The number of aromatic nitrogens is 2. The van der Waals surface area contributed by atoms with Crippen LogP contribution in [-0.4, -0.2) is 33.7 Å². The number of carbonyl (C=O) groups is 1. The normalized spacial score (nSPS) is 11.1. The second kappa shape index (κ2) is 9.78. The quantitative estimate of drug-likeness (QED) is 0.500. The molecule has 1 aromatic carbocycles. The van der Waals surface area contributed by atoms with Gasteiger partial charge in [0.2, 0.25) is 0 Å². The van der Waals surface area contributed by atoms with E-state index in [4.69, 9.17) is 14.4 Å². The van der Waals surface area contributed by atoms with Crippen molar-refractivity contribution in [3.63, 3.8) is 0 Å². The molecule has 0 spiro atoms. The first kappa shape index (κ1) is 22.0. The third kappa shape index (κ3) is 6.39. The molecule has 0 unspecified atom stereocenters. The molecule has 0 aliphatic heterocycles. The van der Waals surface area contributed by atoms with Crippen LogP contribution in [0.15, 0.2) is 53.2 Å². The zero-order valence-electron chi connectivity index (χ0n) is 15.2. The maximum atomic E-state index is 13.9. The average Bonchev–Trinajstić information content (AvgIpc) is 3.12. The maximum Gasteiger partial charge on any atom is 0.416 e. The highest BCUT2D eigenvalue weighted by Crippen LogP contribution is 2.30. The summed E-state index contributed by atoms with van der Waals surface area (Å²) >= 11 is 0. The Bertz CT molecular complexity index is 930. The van der Waals surface area contributed by atoms with Crippen molar-refractivity contribution in [1.29, 1.82) is 0 Å². The number of alkyl halides is 3. The molecule has 0 atom stereocenters.